The number of nitrogens with one attached hydrogen (secondary N) is 1. The fraction of sp³-hybridized carbons (Fsp3) is 0.0400. The van der Waals surface area contributed by atoms with E-state index >= 15 is 0 Å². The first-order valence-electron chi connectivity index (χ1n) is 10.3. The lowest BCUT2D eigenvalue weighted by atomic mass is 10.1. The van der Waals surface area contributed by atoms with Crippen LogP contribution in [0.25, 0.3) is 16.6 Å². The van der Waals surface area contributed by atoms with Crippen molar-refractivity contribution in [3.05, 3.63) is 102 Å². The standard InChI is InChI=1S/C25H17N7O2/c1-27-24(33)21-7-6-18(14-28-21)20-15-30-31-10-9-17(11-22(20)31)25(34)32(19-3-2-4-19)23-8-5-16(12-26)13-29-23/h2-11,13-15H,1H3,(H,27,33). The van der Waals surface area contributed by atoms with Gasteiger partial charge in [-0.25, -0.2) is 9.50 Å². The number of pyridine rings is 3. The van der Waals surface area contributed by atoms with Crippen LogP contribution in [0.5, 0.6) is 0 Å². The van der Waals surface area contributed by atoms with Crippen molar-refractivity contribution in [1.29, 1.82) is 5.26 Å². The second-order valence-electron chi connectivity index (χ2n) is 7.42. The van der Waals surface area contributed by atoms with Crippen LogP contribution in [0.1, 0.15) is 26.4 Å². The molecule has 4 heterocycles. The van der Waals surface area contributed by atoms with E-state index in [1.807, 2.05) is 24.3 Å². The zero-order chi connectivity index (χ0) is 23.7. The Morgan fingerprint density at radius 1 is 1.09 bits per heavy atom. The van der Waals surface area contributed by atoms with E-state index in [-0.39, 0.29) is 11.8 Å². The summed E-state index contributed by atoms with van der Waals surface area (Å²) in [6.45, 7) is 0. The molecular weight excluding hydrogens is 430 g/mol. The molecule has 164 valence electrons. The first kappa shape index (κ1) is 20.8. The minimum Gasteiger partial charge on any atom is -0.354 e. The van der Waals surface area contributed by atoms with Crippen LogP contribution >= 0.6 is 0 Å². The van der Waals surface area contributed by atoms with E-state index < -0.39 is 0 Å². The largest absolute Gasteiger partial charge is 0.354 e. The van der Waals surface area contributed by atoms with Crippen LogP contribution in [0.4, 0.5) is 5.82 Å². The lowest BCUT2D eigenvalue weighted by Gasteiger charge is -2.25. The topological polar surface area (TPSA) is 116 Å². The molecular formula is C25H17N7O2. The summed E-state index contributed by atoms with van der Waals surface area (Å²) in [5, 5.41) is 16.0. The van der Waals surface area contributed by atoms with Gasteiger partial charge in [-0.1, -0.05) is 12.1 Å². The molecule has 2 amide bonds. The maximum atomic E-state index is 13.6. The van der Waals surface area contributed by atoms with Crippen LogP contribution in [0, 0.1) is 11.3 Å². The van der Waals surface area contributed by atoms with Gasteiger partial charge in [0.25, 0.3) is 11.8 Å². The molecule has 34 heavy (non-hydrogen) atoms. The number of rotatable bonds is 5. The summed E-state index contributed by atoms with van der Waals surface area (Å²) in [6.07, 6.45) is 11.9. The van der Waals surface area contributed by atoms with Gasteiger partial charge in [-0.2, -0.15) is 10.4 Å². The Balaban J connectivity index is 1.52. The Bertz CT molecular complexity index is 1520. The molecule has 0 radical (unpaired) electrons. The van der Waals surface area contributed by atoms with Crippen molar-refractivity contribution >= 4 is 23.1 Å². The van der Waals surface area contributed by atoms with E-state index in [4.69, 9.17) is 5.26 Å². The molecule has 0 unspecified atom stereocenters. The molecule has 1 aliphatic rings. The number of hydrogen-bond donors (Lipinski definition) is 1. The number of amides is 2. The van der Waals surface area contributed by atoms with Gasteiger partial charge in [-0.15, -0.1) is 0 Å². The number of allylic oxidation sites excluding steroid dienone is 3. The van der Waals surface area contributed by atoms with Gasteiger partial charge < -0.3 is 5.32 Å². The molecule has 0 fully saturated rings. The maximum absolute atomic E-state index is 13.6. The minimum atomic E-state index is -0.268. The highest BCUT2D eigenvalue weighted by molar-refractivity contribution is 6.09. The van der Waals surface area contributed by atoms with E-state index in [2.05, 4.69) is 20.4 Å². The van der Waals surface area contributed by atoms with Gasteiger partial charge in [0.05, 0.1) is 23.0 Å². The summed E-state index contributed by atoms with van der Waals surface area (Å²) >= 11 is 0. The zero-order valence-corrected chi connectivity index (χ0v) is 18.0. The highest BCUT2D eigenvalue weighted by atomic mass is 16.2. The molecule has 0 spiro atoms. The van der Waals surface area contributed by atoms with Crippen LogP contribution in [0.2, 0.25) is 0 Å². The first-order valence-corrected chi connectivity index (χ1v) is 10.3. The van der Waals surface area contributed by atoms with Gasteiger partial charge in [0.15, 0.2) is 0 Å². The van der Waals surface area contributed by atoms with Gasteiger partial charge in [-0.05, 0) is 42.5 Å². The molecule has 0 aliphatic heterocycles. The van der Waals surface area contributed by atoms with Crippen LogP contribution in [-0.4, -0.2) is 38.4 Å². The number of anilines is 1. The second-order valence-corrected chi connectivity index (χ2v) is 7.42. The summed E-state index contributed by atoms with van der Waals surface area (Å²) in [4.78, 5) is 35.4. The summed E-state index contributed by atoms with van der Waals surface area (Å²) in [7, 11) is 1.55. The van der Waals surface area contributed by atoms with Crippen LogP contribution in [0.15, 0.2) is 85.1 Å². The maximum Gasteiger partial charge on any atom is 0.269 e. The van der Waals surface area contributed by atoms with Crippen molar-refractivity contribution < 1.29 is 9.59 Å². The van der Waals surface area contributed by atoms with Gasteiger partial charge in [0, 0.05) is 42.3 Å². The lowest BCUT2D eigenvalue weighted by molar-refractivity contribution is 0.0956. The lowest BCUT2D eigenvalue weighted by Crippen LogP contribution is -2.31. The second kappa shape index (κ2) is 8.44. The van der Waals surface area contributed by atoms with Crippen molar-refractivity contribution in [3.8, 4) is 17.2 Å². The molecule has 4 aromatic heterocycles. The van der Waals surface area contributed by atoms with E-state index in [1.54, 1.807) is 66.6 Å². The predicted octanol–water partition coefficient (Wildman–Crippen LogP) is 3.12. The van der Waals surface area contributed by atoms with Gasteiger partial charge >= 0.3 is 0 Å². The molecule has 9 nitrogen and oxygen atoms in total. The molecule has 0 saturated heterocycles. The van der Waals surface area contributed by atoms with Gasteiger partial charge in [0.2, 0.25) is 0 Å². The molecule has 1 aliphatic carbocycles. The van der Waals surface area contributed by atoms with E-state index in [0.29, 0.717) is 33.9 Å². The van der Waals surface area contributed by atoms with Crippen molar-refractivity contribution in [3.63, 3.8) is 0 Å². The molecule has 0 aromatic carbocycles. The van der Waals surface area contributed by atoms with Crippen molar-refractivity contribution in [2.75, 3.05) is 11.9 Å². The highest BCUT2D eigenvalue weighted by Crippen LogP contribution is 2.28. The van der Waals surface area contributed by atoms with Crippen LogP contribution in [0.3, 0.4) is 0 Å². The fourth-order valence-electron chi connectivity index (χ4n) is 3.55. The quantitative estimate of drug-likeness (QED) is 0.502. The van der Waals surface area contributed by atoms with Gasteiger partial charge in [-0.3, -0.25) is 19.5 Å². The van der Waals surface area contributed by atoms with E-state index in [0.717, 1.165) is 11.1 Å². The number of carbonyl (C=O) groups is 2. The number of carbonyl (C=O) groups excluding carboxylic acids is 2. The van der Waals surface area contributed by atoms with Crippen molar-refractivity contribution in [2.45, 2.75) is 0 Å². The third-order valence-electron chi connectivity index (χ3n) is 5.40. The summed E-state index contributed by atoms with van der Waals surface area (Å²) in [6, 6.07) is 12.2. The number of hydrogen-bond acceptors (Lipinski definition) is 6. The van der Waals surface area contributed by atoms with Crippen molar-refractivity contribution in [1.82, 2.24) is 24.9 Å². The molecule has 5 rings (SSSR count). The molecule has 4 aromatic rings. The Morgan fingerprint density at radius 3 is 2.56 bits per heavy atom. The fourth-order valence-corrected chi connectivity index (χ4v) is 3.55. The average Bonchev–Trinajstić information content (AvgIpc) is 3.28. The van der Waals surface area contributed by atoms with Crippen LogP contribution in [-0.2, 0) is 0 Å². The number of fused-ring (bicyclic) bond motifs is 1. The Kier molecular flexibility index (Phi) is 5.16. The molecule has 0 bridgehead atoms. The molecule has 0 atom stereocenters. The SMILES string of the molecule is CNC(=O)c1ccc(-c2cnn3ccc(C(=O)N(C4=CC=C4)c4ccc(C#N)cn4)cc23)cn1. The Labute approximate surface area is 194 Å². The predicted molar refractivity (Wildman–Crippen MR) is 125 cm³/mol. The van der Waals surface area contributed by atoms with E-state index in [1.165, 1.54) is 11.1 Å². The molecule has 1 N–H and O–H groups in total. The molecule has 0 saturated carbocycles. The first-order chi connectivity index (χ1) is 16.6. The van der Waals surface area contributed by atoms with Gasteiger partial charge in [0.1, 0.15) is 17.6 Å². The summed E-state index contributed by atoms with van der Waals surface area (Å²) in [5.41, 5.74) is 4.12. The highest BCUT2D eigenvalue weighted by Gasteiger charge is 2.24. The van der Waals surface area contributed by atoms with Crippen LogP contribution < -0.4 is 10.2 Å². The number of nitrogens with zero attached hydrogens (tertiary/aromatic N) is 6. The molecule has 9 heteroatoms. The normalized spacial score (nSPS) is 11.9. The van der Waals surface area contributed by atoms with Crippen molar-refractivity contribution in [2.24, 2.45) is 0 Å². The average molecular weight is 447 g/mol. The summed E-state index contributed by atoms with van der Waals surface area (Å²) in [5.74, 6) is -0.118. The smallest absolute Gasteiger partial charge is 0.269 e. The van der Waals surface area contributed by atoms with E-state index in [9.17, 15) is 9.59 Å². The monoisotopic (exact) mass is 447 g/mol. The number of aromatic nitrogens is 4. The Hall–Kier alpha value is -5.10. The zero-order valence-electron chi connectivity index (χ0n) is 18.0. The third-order valence-corrected chi connectivity index (χ3v) is 5.40. The summed E-state index contributed by atoms with van der Waals surface area (Å²) < 4.78 is 1.67. The Morgan fingerprint density at radius 2 is 1.94 bits per heavy atom. The minimum absolute atomic E-state index is 0.268. The third kappa shape index (κ3) is 3.59. The number of nitriles is 1.